The Morgan fingerprint density at radius 2 is 2.24 bits per heavy atom. The van der Waals surface area contributed by atoms with Crippen molar-refractivity contribution in [3.63, 3.8) is 0 Å². The molecule has 1 aliphatic rings. The number of furan rings is 1. The molecule has 0 aliphatic carbocycles. The number of nitrogens with zero attached hydrogens (tertiary/aromatic N) is 3. The minimum atomic E-state index is 0.262. The molecule has 1 fully saturated rings. The topological polar surface area (TPSA) is 55.9 Å². The molecule has 0 radical (unpaired) electrons. The summed E-state index contributed by atoms with van der Waals surface area (Å²) in [6.45, 7) is 2.99. The molecule has 3 aromatic rings. The van der Waals surface area contributed by atoms with Gasteiger partial charge in [0.15, 0.2) is 5.65 Å². The fourth-order valence-electron chi connectivity index (χ4n) is 2.99. The number of hydrogen-bond acceptors (Lipinski definition) is 4. The van der Waals surface area contributed by atoms with Crippen molar-refractivity contribution in [2.45, 2.75) is 32.2 Å². The van der Waals surface area contributed by atoms with Gasteiger partial charge in [0.25, 0.3) is 0 Å². The lowest BCUT2D eigenvalue weighted by molar-refractivity contribution is 0.389. The largest absolute Gasteiger partial charge is 0.445 e. The van der Waals surface area contributed by atoms with Crippen LogP contribution in [0.3, 0.4) is 0 Å². The first-order chi connectivity index (χ1) is 10.3. The van der Waals surface area contributed by atoms with Gasteiger partial charge in [-0.25, -0.2) is 14.5 Å². The predicted octanol–water partition coefficient (Wildman–Crippen LogP) is 3.14. The Labute approximate surface area is 123 Å². The number of fused-ring (bicyclic) bond motifs is 1. The van der Waals surface area contributed by atoms with E-state index in [-0.39, 0.29) is 6.04 Å². The van der Waals surface area contributed by atoms with Crippen LogP contribution < -0.4 is 5.32 Å². The van der Waals surface area contributed by atoms with Gasteiger partial charge in [-0.1, -0.05) is 6.42 Å². The molecule has 21 heavy (non-hydrogen) atoms. The summed E-state index contributed by atoms with van der Waals surface area (Å²) in [6, 6.07) is 8.14. The minimum absolute atomic E-state index is 0.262. The van der Waals surface area contributed by atoms with Gasteiger partial charge in [-0.3, -0.25) is 0 Å². The highest BCUT2D eigenvalue weighted by molar-refractivity contribution is 5.73. The average molecular weight is 282 g/mol. The van der Waals surface area contributed by atoms with E-state index in [2.05, 4.69) is 10.3 Å². The van der Waals surface area contributed by atoms with E-state index in [4.69, 9.17) is 9.40 Å². The summed E-state index contributed by atoms with van der Waals surface area (Å²) in [7, 11) is 0. The molecule has 1 atom stereocenters. The van der Waals surface area contributed by atoms with Crippen LogP contribution in [0.15, 0.2) is 34.9 Å². The Kier molecular flexibility index (Phi) is 3.00. The lowest BCUT2D eigenvalue weighted by Gasteiger charge is -2.23. The van der Waals surface area contributed by atoms with E-state index < -0.39 is 0 Å². The molecule has 5 heteroatoms. The standard InChI is InChI=1S/C16H18N4O/c1-11-7-8-14(21-11)20-15-13(6-4-10-18-15)19-16(20)12-5-2-3-9-17-12/h4,6-8,10,12,17H,2-3,5,9H2,1H3. The lowest BCUT2D eigenvalue weighted by atomic mass is 10.0. The van der Waals surface area contributed by atoms with Crippen molar-refractivity contribution in [3.8, 4) is 5.88 Å². The quantitative estimate of drug-likeness (QED) is 0.784. The lowest BCUT2D eigenvalue weighted by Crippen LogP contribution is -2.29. The van der Waals surface area contributed by atoms with Crippen molar-refractivity contribution in [3.05, 3.63) is 42.0 Å². The summed E-state index contributed by atoms with van der Waals surface area (Å²) in [5.41, 5.74) is 1.77. The third-order valence-corrected chi connectivity index (χ3v) is 4.01. The maximum Gasteiger partial charge on any atom is 0.206 e. The van der Waals surface area contributed by atoms with Crippen molar-refractivity contribution in [2.24, 2.45) is 0 Å². The molecule has 0 amide bonds. The van der Waals surface area contributed by atoms with Crippen LogP contribution in [-0.4, -0.2) is 21.1 Å². The van der Waals surface area contributed by atoms with Crippen LogP contribution in [0.5, 0.6) is 0 Å². The Balaban J connectivity index is 1.92. The maximum absolute atomic E-state index is 5.82. The van der Waals surface area contributed by atoms with Gasteiger partial charge in [0, 0.05) is 12.3 Å². The van der Waals surface area contributed by atoms with Gasteiger partial charge < -0.3 is 9.73 Å². The maximum atomic E-state index is 5.82. The van der Waals surface area contributed by atoms with E-state index in [9.17, 15) is 0 Å². The zero-order chi connectivity index (χ0) is 14.2. The smallest absolute Gasteiger partial charge is 0.206 e. The number of rotatable bonds is 2. The van der Waals surface area contributed by atoms with E-state index >= 15 is 0 Å². The van der Waals surface area contributed by atoms with Crippen molar-refractivity contribution >= 4 is 11.2 Å². The minimum Gasteiger partial charge on any atom is -0.445 e. The molecule has 1 N–H and O–H groups in total. The first-order valence-corrected chi connectivity index (χ1v) is 7.46. The fourth-order valence-corrected chi connectivity index (χ4v) is 2.99. The highest BCUT2D eigenvalue weighted by atomic mass is 16.4. The summed E-state index contributed by atoms with van der Waals surface area (Å²) < 4.78 is 7.87. The van der Waals surface area contributed by atoms with Crippen LogP contribution in [0, 0.1) is 6.92 Å². The summed E-state index contributed by atoms with van der Waals surface area (Å²) in [6.07, 6.45) is 5.36. The fraction of sp³-hybridized carbons (Fsp3) is 0.375. The molecule has 3 aromatic heterocycles. The van der Waals surface area contributed by atoms with Crippen LogP contribution in [-0.2, 0) is 0 Å². The van der Waals surface area contributed by atoms with Crippen LogP contribution in [0.25, 0.3) is 17.0 Å². The normalized spacial score (nSPS) is 19.2. The Hall–Kier alpha value is -2.14. The second-order valence-electron chi connectivity index (χ2n) is 5.54. The molecule has 0 aromatic carbocycles. The van der Waals surface area contributed by atoms with Gasteiger partial charge in [0.2, 0.25) is 5.88 Å². The molecule has 1 saturated heterocycles. The second kappa shape index (κ2) is 5.00. The number of nitrogens with one attached hydrogen (secondary N) is 1. The monoisotopic (exact) mass is 282 g/mol. The third-order valence-electron chi connectivity index (χ3n) is 4.01. The number of aromatic nitrogens is 3. The third kappa shape index (κ3) is 2.14. The van der Waals surface area contributed by atoms with Gasteiger partial charge in [-0.15, -0.1) is 0 Å². The Bertz CT molecular complexity index is 768. The SMILES string of the molecule is Cc1ccc(-n2c(C3CCCCN3)nc3cccnc32)o1. The van der Waals surface area contributed by atoms with Crippen molar-refractivity contribution < 1.29 is 4.42 Å². The summed E-state index contributed by atoms with van der Waals surface area (Å²) in [5.74, 6) is 2.68. The number of imidazole rings is 1. The van der Waals surface area contributed by atoms with Crippen molar-refractivity contribution in [1.29, 1.82) is 0 Å². The van der Waals surface area contributed by atoms with Gasteiger partial charge >= 0.3 is 0 Å². The highest BCUT2D eigenvalue weighted by Gasteiger charge is 2.24. The van der Waals surface area contributed by atoms with Crippen LogP contribution in [0.1, 0.15) is 36.9 Å². The van der Waals surface area contributed by atoms with Crippen LogP contribution in [0.4, 0.5) is 0 Å². The van der Waals surface area contributed by atoms with E-state index in [0.29, 0.717) is 0 Å². The summed E-state index contributed by atoms with van der Waals surface area (Å²) >= 11 is 0. The molecule has 0 bridgehead atoms. The second-order valence-corrected chi connectivity index (χ2v) is 5.54. The molecule has 0 spiro atoms. The molecule has 4 rings (SSSR count). The molecular formula is C16H18N4O. The molecule has 0 saturated carbocycles. The van der Waals surface area contributed by atoms with E-state index in [1.807, 2.05) is 35.8 Å². The van der Waals surface area contributed by atoms with Crippen LogP contribution in [0.2, 0.25) is 0 Å². The number of hydrogen-bond donors (Lipinski definition) is 1. The molecule has 1 aliphatic heterocycles. The zero-order valence-corrected chi connectivity index (χ0v) is 12.0. The highest BCUT2D eigenvalue weighted by Crippen LogP contribution is 2.29. The molecule has 1 unspecified atom stereocenters. The van der Waals surface area contributed by atoms with Gasteiger partial charge in [0.1, 0.15) is 17.1 Å². The predicted molar refractivity (Wildman–Crippen MR) is 80.5 cm³/mol. The van der Waals surface area contributed by atoms with E-state index in [1.165, 1.54) is 12.8 Å². The first-order valence-electron chi connectivity index (χ1n) is 7.46. The molecular weight excluding hydrogens is 264 g/mol. The van der Waals surface area contributed by atoms with Gasteiger partial charge in [0.05, 0.1) is 6.04 Å². The summed E-state index contributed by atoms with van der Waals surface area (Å²) in [4.78, 5) is 9.29. The van der Waals surface area contributed by atoms with Crippen LogP contribution >= 0.6 is 0 Å². The van der Waals surface area contributed by atoms with Crippen molar-refractivity contribution in [2.75, 3.05) is 6.54 Å². The summed E-state index contributed by atoms with van der Waals surface area (Å²) in [5, 5.41) is 3.56. The zero-order valence-electron chi connectivity index (χ0n) is 12.0. The van der Waals surface area contributed by atoms with Crippen molar-refractivity contribution in [1.82, 2.24) is 19.9 Å². The molecule has 4 heterocycles. The number of piperidine rings is 1. The Morgan fingerprint density at radius 1 is 1.29 bits per heavy atom. The average Bonchev–Trinajstić information content (AvgIpc) is 3.11. The number of pyridine rings is 1. The molecule has 5 nitrogen and oxygen atoms in total. The Morgan fingerprint density at radius 3 is 3.00 bits per heavy atom. The van der Waals surface area contributed by atoms with E-state index in [1.54, 1.807) is 6.20 Å². The first kappa shape index (κ1) is 12.6. The molecule has 108 valence electrons. The number of aryl methyl sites for hydroxylation is 1. The van der Waals surface area contributed by atoms with E-state index in [0.717, 1.165) is 41.6 Å². The van der Waals surface area contributed by atoms with Gasteiger partial charge in [-0.05, 0) is 44.5 Å². The van der Waals surface area contributed by atoms with Gasteiger partial charge in [-0.2, -0.15) is 0 Å².